The van der Waals surface area contributed by atoms with E-state index in [-0.39, 0.29) is 16.9 Å². The number of aromatic amines is 1. The highest BCUT2D eigenvalue weighted by atomic mass is 16.1. The molecule has 29 heavy (non-hydrogen) atoms. The van der Waals surface area contributed by atoms with Gasteiger partial charge in [0.15, 0.2) is 5.78 Å². The molecule has 1 aromatic heterocycles. The number of pyridine rings is 1. The van der Waals surface area contributed by atoms with Crippen LogP contribution in [0, 0.1) is 13.8 Å². The van der Waals surface area contributed by atoms with Crippen molar-refractivity contribution in [3.63, 3.8) is 0 Å². The summed E-state index contributed by atoms with van der Waals surface area (Å²) in [5.74, 6) is -0.309. The van der Waals surface area contributed by atoms with E-state index in [2.05, 4.69) is 4.98 Å². The van der Waals surface area contributed by atoms with E-state index in [1.165, 1.54) is 6.08 Å². The Bertz CT molecular complexity index is 1290. The van der Waals surface area contributed by atoms with Gasteiger partial charge >= 0.3 is 0 Å². The summed E-state index contributed by atoms with van der Waals surface area (Å²) in [4.78, 5) is 28.9. The molecule has 3 heteroatoms. The third-order valence-electron chi connectivity index (χ3n) is 5.11. The Morgan fingerprint density at radius 1 is 0.862 bits per heavy atom. The molecular formula is C26H21NO2. The van der Waals surface area contributed by atoms with Gasteiger partial charge in [-0.3, -0.25) is 9.59 Å². The Balaban J connectivity index is 1.92. The van der Waals surface area contributed by atoms with Crippen LogP contribution >= 0.6 is 0 Å². The molecule has 0 aliphatic heterocycles. The lowest BCUT2D eigenvalue weighted by atomic mass is 9.93. The summed E-state index contributed by atoms with van der Waals surface area (Å²) >= 11 is 0. The van der Waals surface area contributed by atoms with E-state index in [9.17, 15) is 9.59 Å². The molecule has 0 bridgehead atoms. The maximum atomic E-state index is 13.1. The van der Waals surface area contributed by atoms with Gasteiger partial charge in [-0.05, 0) is 42.7 Å². The normalized spacial score (nSPS) is 11.2. The number of aromatic nitrogens is 1. The highest BCUT2D eigenvalue weighted by Gasteiger charge is 2.19. The van der Waals surface area contributed by atoms with E-state index in [1.54, 1.807) is 6.08 Å². The van der Waals surface area contributed by atoms with Crippen LogP contribution in [0.2, 0.25) is 0 Å². The second-order valence-electron chi connectivity index (χ2n) is 7.17. The first-order valence-corrected chi connectivity index (χ1v) is 9.54. The number of H-pyrrole nitrogens is 1. The summed E-state index contributed by atoms with van der Waals surface area (Å²) < 4.78 is 0. The van der Waals surface area contributed by atoms with Gasteiger partial charge in [0, 0.05) is 16.5 Å². The largest absolute Gasteiger partial charge is 0.321 e. The van der Waals surface area contributed by atoms with Gasteiger partial charge in [-0.15, -0.1) is 0 Å². The Labute approximate surface area is 169 Å². The number of para-hydroxylation sites is 1. The molecular weight excluding hydrogens is 358 g/mol. The molecule has 142 valence electrons. The van der Waals surface area contributed by atoms with Crippen LogP contribution in [0.15, 0.2) is 83.7 Å². The summed E-state index contributed by atoms with van der Waals surface area (Å²) in [6.45, 7) is 4.00. The third-order valence-corrected chi connectivity index (χ3v) is 5.11. The number of ketones is 1. The van der Waals surface area contributed by atoms with Gasteiger partial charge in [-0.2, -0.15) is 0 Å². The van der Waals surface area contributed by atoms with E-state index in [0.717, 1.165) is 27.6 Å². The summed E-state index contributed by atoms with van der Waals surface area (Å²) in [6.07, 6.45) is 3.25. The highest BCUT2D eigenvalue weighted by molar-refractivity contribution is 6.15. The molecule has 3 nitrogen and oxygen atoms in total. The highest BCUT2D eigenvalue weighted by Crippen LogP contribution is 2.30. The van der Waals surface area contributed by atoms with Crippen molar-refractivity contribution in [3.05, 3.63) is 111 Å². The molecule has 3 aromatic carbocycles. The molecule has 0 aliphatic carbocycles. The second-order valence-corrected chi connectivity index (χ2v) is 7.17. The monoisotopic (exact) mass is 379 g/mol. The van der Waals surface area contributed by atoms with Gasteiger partial charge in [-0.25, -0.2) is 0 Å². The molecule has 0 unspecified atom stereocenters. The lowest BCUT2D eigenvalue weighted by molar-refractivity contribution is 0.104. The van der Waals surface area contributed by atoms with Crippen molar-refractivity contribution < 1.29 is 4.79 Å². The van der Waals surface area contributed by atoms with E-state index in [1.807, 2.05) is 86.6 Å². The van der Waals surface area contributed by atoms with Crippen LogP contribution in [0.1, 0.15) is 27.0 Å². The van der Waals surface area contributed by atoms with Crippen molar-refractivity contribution in [2.45, 2.75) is 13.8 Å². The zero-order valence-corrected chi connectivity index (χ0v) is 16.4. The molecule has 0 saturated heterocycles. The molecule has 0 aliphatic rings. The maximum Gasteiger partial charge on any atom is 0.260 e. The number of rotatable bonds is 4. The maximum absolute atomic E-state index is 13.1. The molecule has 0 fully saturated rings. The topological polar surface area (TPSA) is 49.9 Å². The van der Waals surface area contributed by atoms with Crippen molar-refractivity contribution in [2.24, 2.45) is 0 Å². The number of aryl methyl sites for hydroxylation is 2. The number of carbonyl (C=O) groups is 1. The lowest BCUT2D eigenvalue weighted by Gasteiger charge is -2.11. The van der Waals surface area contributed by atoms with Crippen molar-refractivity contribution in [1.29, 1.82) is 0 Å². The van der Waals surface area contributed by atoms with Crippen molar-refractivity contribution in [2.75, 3.05) is 0 Å². The van der Waals surface area contributed by atoms with Crippen molar-refractivity contribution in [1.82, 2.24) is 4.98 Å². The van der Waals surface area contributed by atoms with Gasteiger partial charge in [0.05, 0.1) is 5.56 Å². The molecule has 1 heterocycles. The number of nitrogens with one attached hydrogen (secondary N) is 1. The van der Waals surface area contributed by atoms with E-state index < -0.39 is 0 Å². The van der Waals surface area contributed by atoms with Gasteiger partial charge in [0.25, 0.3) is 5.56 Å². The molecule has 0 radical (unpaired) electrons. The minimum atomic E-state index is -0.376. The predicted octanol–water partition coefficient (Wildman–Crippen LogP) is 5.71. The first kappa shape index (κ1) is 18.6. The predicted molar refractivity (Wildman–Crippen MR) is 119 cm³/mol. The number of carbonyl (C=O) groups excluding carboxylic acids is 1. The fraction of sp³-hybridized carbons (Fsp3) is 0.0769. The molecule has 0 saturated carbocycles. The molecule has 0 spiro atoms. The Morgan fingerprint density at radius 2 is 1.55 bits per heavy atom. The lowest BCUT2D eigenvalue weighted by Crippen LogP contribution is -2.18. The third kappa shape index (κ3) is 3.67. The second kappa shape index (κ2) is 7.72. The number of hydrogen-bond donors (Lipinski definition) is 1. The van der Waals surface area contributed by atoms with Gasteiger partial charge in [-0.1, -0.05) is 78.4 Å². The van der Waals surface area contributed by atoms with E-state index in [4.69, 9.17) is 0 Å². The molecule has 0 atom stereocenters. The molecule has 4 rings (SSSR count). The summed E-state index contributed by atoms with van der Waals surface area (Å²) in [5.41, 5.74) is 5.17. The van der Waals surface area contributed by atoms with Crippen LogP contribution in [0.3, 0.4) is 0 Å². The van der Waals surface area contributed by atoms with Gasteiger partial charge < -0.3 is 4.98 Å². The summed E-state index contributed by atoms with van der Waals surface area (Å²) in [5, 5.41) is 0.851. The van der Waals surface area contributed by atoms with Crippen molar-refractivity contribution in [3.8, 4) is 11.1 Å². The van der Waals surface area contributed by atoms with Crippen LogP contribution in [0.5, 0.6) is 0 Å². The first-order valence-electron chi connectivity index (χ1n) is 9.54. The Morgan fingerprint density at radius 3 is 2.31 bits per heavy atom. The van der Waals surface area contributed by atoms with Crippen LogP contribution in [0.4, 0.5) is 0 Å². The molecule has 0 amide bonds. The van der Waals surface area contributed by atoms with Crippen LogP contribution < -0.4 is 5.56 Å². The fourth-order valence-electron chi connectivity index (χ4n) is 3.52. The smallest absolute Gasteiger partial charge is 0.260 e. The van der Waals surface area contributed by atoms with Crippen LogP contribution in [0.25, 0.3) is 28.1 Å². The fourth-order valence-corrected chi connectivity index (χ4v) is 3.52. The summed E-state index contributed by atoms with van der Waals surface area (Å²) in [7, 11) is 0. The van der Waals surface area contributed by atoms with Crippen LogP contribution in [-0.4, -0.2) is 10.8 Å². The SMILES string of the molecule is Cc1ccc(-c2c(C(=O)/C=C\c3ccccc3C)c(=O)[nH]c3ccccc23)cc1. The van der Waals surface area contributed by atoms with Gasteiger partial charge in [0.1, 0.15) is 0 Å². The number of hydrogen-bond acceptors (Lipinski definition) is 2. The van der Waals surface area contributed by atoms with E-state index >= 15 is 0 Å². The first-order chi connectivity index (χ1) is 14.0. The summed E-state index contributed by atoms with van der Waals surface area (Å²) in [6, 6.07) is 23.3. The number of benzene rings is 3. The minimum Gasteiger partial charge on any atom is -0.321 e. The standard InChI is InChI=1S/C26H21NO2/c1-17-11-13-20(14-12-17)24-21-9-5-6-10-22(21)27-26(29)25(24)23(28)16-15-19-8-4-3-7-18(19)2/h3-16H,1-2H3,(H,27,29)/b16-15-. The Hall–Kier alpha value is -3.72. The molecule has 1 N–H and O–H groups in total. The zero-order valence-electron chi connectivity index (χ0n) is 16.4. The quantitative estimate of drug-likeness (QED) is 0.365. The number of fused-ring (bicyclic) bond motifs is 1. The van der Waals surface area contributed by atoms with Crippen molar-refractivity contribution >= 4 is 22.8 Å². The van der Waals surface area contributed by atoms with E-state index in [0.29, 0.717) is 11.1 Å². The minimum absolute atomic E-state index is 0.164. The number of allylic oxidation sites excluding steroid dienone is 1. The zero-order chi connectivity index (χ0) is 20.4. The average molecular weight is 379 g/mol. The Kier molecular flexibility index (Phi) is 4.96. The van der Waals surface area contributed by atoms with Gasteiger partial charge in [0.2, 0.25) is 0 Å². The average Bonchev–Trinajstić information content (AvgIpc) is 2.72. The van der Waals surface area contributed by atoms with Crippen LogP contribution in [-0.2, 0) is 0 Å². The molecule has 4 aromatic rings.